The van der Waals surface area contributed by atoms with Crippen molar-refractivity contribution in [2.24, 2.45) is 0 Å². The van der Waals surface area contributed by atoms with Gasteiger partial charge in [-0.3, -0.25) is 0 Å². The zero-order valence-electron chi connectivity index (χ0n) is 11.1. The van der Waals surface area contributed by atoms with Gasteiger partial charge in [0.1, 0.15) is 0 Å². The van der Waals surface area contributed by atoms with Crippen molar-refractivity contribution in [1.29, 1.82) is 0 Å². The quantitative estimate of drug-likeness (QED) is 0.772. The van der Waals surface area contributed by atoms with Gasteiger partial charge in [-0.15, -0.1) is 0 Å². The highest BCUT2D eigenvalue weighted by atomic mass is 32.1. The van der Waals surface area contributed by atoms with Gasteiger partial charge in [-0.05, 0) is 26.3 Å². The molecule has 0 aliphatic rings. The average Bonchev–Trinajstić information content (AvgIpc) is 2.72. The molecule has 0 saturated carbocycles. The molecule has 0 aromatic carbocycles. The third-order valence-electron chi connectivity index (χ3n) is 2.61. The van der Waals surface area contributed by atoms with Crippen LogP contribution in [-0.2, 0) is 11.2 Å². The Kier molecular flexibility index (Phi) is 5.85. The van der Waals surface area contributed by atoms with Crippen LogP contribution in [0, 0.1) is 0 Å². The number of hydrogen-bond acceptors (Lipinski definition) is 4. The molecule has 4 nitrogen and oxygen atoms in total. The monoisotopic (exact) mass is 268 g/mol. The summed E-state index contributed by atoms with van der Waals surface area (Å²) in [5, 5.41) is 9.67. The van der Waals surface area contributed by atoms with Crippen LogP contribution in [0.25, 0.3) is 6.08 Å². The lowest BCUT2D eigenvalue weighted by atomic mass is 10.2. The Labute approximate surface area is 112 Å². The van der Waals surface area contributed by atoms with E-state index in [4.69, 9.17) is 5.11 Å². The van der Waals surface area contributed by atoms with Gasteiger partial charge in [-0.25, -0.2) is 9.78 Å². The number of carbonyl (C=O) groups is 1. The van der Waals surface area contributed by atoms with E-state index >= 15 is 0 Å². The molecular weight excluding hydrogens is 248 g/mol. The summed E-state index contributed by atoms with van der Waals surface area (Å²) in [6.45, 7) is 8.12. The van der Waals surface area contributed by atoms with Gasteiger partial charge in [0.2, 0.25) is 0 Å². The fraction of sp³-hybridized carbons (Fsp3) is 0.538. The summed E-state index contributed by atoms with van der Waals surface area (Å²) in [7, 11) is 0. The Hall–Kier alpha value is -1.36. The molecule has 0 bridgehead atoms. The van der Waals surface area contributed by atoms with Crippen molar-refractivity contribution in [1.82, 2.24) is 4.98 Å². The van der Waals surface area contributed by atoms with Gasteiger partial charge < -0.3 is 10.0 Å². The van der Waals surface area contributed by atoms with Crippen molar-refractivity contribution in [2.45, 2.75) is 33.6 Å². The van der Waals surface area contributed by atoms with E-state index in [1.807, 2.05) is 0 Å². The van der Waals surface area contributed by atoms with E-state index < -0.39 is 5.97 Å². The molecule has 0 radical (unpaired) electrons. The van der Waals surface area contributed by atoms with Crippen LogP contribution < -0.4 is 4.90 Å². The van der Waals surface area contributed by atoms with Crippen molar-refractivity contribution >= 4 is 28.5 Å². The molecule has 0 spiro atoms. The molecular formula is C13H20N2O2S. The second-order valence-electron chi connectivity index (χ2n) is 3.90. The third-order valence-corrected chi connectivity index (χ3v) is 3.74. The van der Waals surface area contributed by atoms with Gasteiger partial charge >= 0.3 is 5.97 Å². The Morgan fingerprint density at radius 3 is 2.56 bits per heavy atom. The lowest BCUT2D eigenvalue weighted by Crippen LogP contribution is -2.21. The summed E-state index contributed by atoms with van der Waals surface area (Å²) < 4.78 is 0. The SMILES string of the molecule is CCCc1nc(N(CC)CC)sc1/C=C/C(=O)O. The van der Waals surface area contributed by atoms with Crippen molar-refractivity contribution in [3.63, 3.8) is 0 Å². The first kappa shape index (κ1) is 14.7. The number of aryl methyl sites for hydroxylation is 1. The standard InChI is InChI=1S/C13H20N2O2S/c1-4-7-10-11(8-9-12(16)17)18-13(14-10)15(5-2)6-3/h8-9H,4-7H2,1-3H3,(H,16,17)/b9-8+. The van der Waals surface area contributed by atoms with Crippen LogP contribution in [0.5, 0.6) is 0 Å². The number of carboxylic acids is 1. The van der Waals surface area contributed by atoms with Crippen LogP contribution in [-0.4, -0.2) is 29.1 Å². The van der Waals surface area contributed by atoms with Crippen molar-refractivity contribution in [3.8, 4) is 0 Å². The van der Waals surface area contributed by atoms with E-state index in [-0.39, 0.29) is 0 Å². The topological polar surface area (TPSA) is 53.4 Å². The molecule has 1 rings (SSSR count). The molecule has 1 aromatic rings. The molecule has 0 aliphatic heterocycles. The molecule has 0 unspecified atom stereocenters. The van der Waals surface area contributed by atoms with Crippen LogP contribution in [0.4, 0.5) is 5.13 Å². The van der Waals surface area contributed by atoms with Gasteiger partial charge in [0, 0.05) is 19.2 Å². The summed E-state index contributed by atoms with van der Waals surface area (Å²) >= 11 is 1.56. The van der Waals surface area contributed by atoms with E-state index in [1.54, 1.807) is 17.4 Å². The van der Waals surface area contributed by atoms with Gasteiger partial charge in [0.05, 0.1) is 10.6 Å². The first-order chi connectivity index (χ1) is 8.62. The summed E-state index contributed by atoms with van der Waals surface area (Å²) in [6, 6.07) is 0. The van der Waals surface area contributed by atoms with Crippen LogP contribution in [0.15, 0.2) is 6.08 Å². The normalized spacial score (nSPS) is 11.1. The average molecular weight is 268 g/mol. The molecule has 0 saturated heterocycles. The largest absolute Gasteiger partial charge is 0.478 e. The first-order valence-electron chi connectivity index (χ1n) is 6.27. The molecule has 1 N–H and O–H groups in total. The van der Waals surface area contributed by atoms with Crippen LogP contribution in [0.3, 0.4) is 0 Å². The number of aromatic nitrogens is 1. The maximum Gasteiger partial charge on any atom is 0.328 e. The molecule has 5 heteroatoms. The fourth-order valence-corrected chi connectivity index (χ4v) is 2.81. The molecule has 1 heterocycles. The zero-order valence-corrected chi connectivity index (χ0v) is 12.0. The van der Waals surface area contributed by atoms with Crippen LogP contribution in [0.2, 0.25) is 0 Å². The van der Waals surface area contributed by atoms with E-state index in [0.717, 1.165) is 41.6 Å². The summed E-state index contributed by atoms with van der Waals surface area (Å²) in [6.07, 6.45) is 4.73. The van der Waals surface area contributed by atoms with Crippen molar-refractivity contribution < 1.29 is 9.90 Å². The molecule has 18 heavy (non-hydrogen) atoms. The second kappa shape index (κ2) is 7.16. The first-order valence-corrected chi connectivity index (χ1v) is 7.09. The van der Waals surface area contributed by atoms with Gasteiger partial charge in [0.15, 0.2) is 5.13 Å². The molecule has 0 fully saturated rings. The predicted molar refractivity (Wildman–Crippen MR) is 76.3 cm³/mol. The Bertz CT molecular complexity index is 423. The van der Waals surface area contributed by atoms with Gasteiger partial charge in [-0.1, -0.05) is 24.7 Å². The number of nitrogens with zero attached hydrogens (tertiary/aromatic N) is 2. The lowest BCUT2D eigenvalue weighted by Gasteiger charge is -2.16. The maximum atomic E-state index is 10.6. The Balaban J connectivity index is 3.03. The maximum absolute atomic E-state index is 10.6. The smallest absolute Gasteiger partial charge is 0.328 e. The third kappa shape index (κ3) is 3.84. The number of thiazole rings is 1. The minimum Gasteiger partial charge on any atom is -0.478 e. The molecule has 0 amide bonds. The van der Waals surface area contributed by atoms with E-state index in [9.17, 15) is 4.79 Å². The van der Waals surface area contributed by atoms with Crippen molar-refractivity contribution in [3.05, 3.63) is 16.6 Å². The summed E-state index contributed by atoms with van der Waals surface area (Å²) in [4.78, 5) is 18.3. The molecule has 0 atom stereocenters. The highest BCUT2D eigenvalue weighted by Gasteiger charge is 2.12. The number of aliphatic carboxylic acids is 1. The predicted octanol–water partition coefficient (Wildman–Crippen LogP) is 3.04. The molecule has 0 aliphatic carbocycles. The van der Waals surface area contributed by atoms with Crippen LogP contribution in [0.1, 0.15) is 37.8 Å². The minimum atomic E-state index is -0.921. The summed E-state index contributed by atoms with van der Waals surface area (Å²) in [5.74, 6) is -0.921. The number of anilines is 1. The minimum absolute atomic E-state index is 0.886. The Morgan fingerprint density at radius 1 is 1.39 bits per heavy atom. The number of carboxylic acid groups (broad SMARTS) is 1. The Morgan fingerprint density at radius 2 is 2.06 bits per heavy atom. The van der Waals surface area contributed by atoms with Gasteiger partial charge in [0.25, 0.3) is 0 Å². The molecule has 1 aromatic heterocycles. The lowest BCUT2D eigenvalue weighted by molar-refractivity contribution is -0.131. The summed E-state index contributed by atoms with van der Waals surface area (Å²) in [5.41, 5.74) is 1.00. The van der Waals surface area contributed by atoms with E-state index in [0.29, 0.717) is 0 Å². The highest BCUT2D eigenvalue weighted by molar-refractivity contribution is 7.16. The van der Waals surface area contributed by atoms with Gasteiger partial charge in [-0.2, -0.15) is 0 Å². The number of hydrogen-bond donors (Lipinski definition) is 1. The fourth-order valence-electron chi connectivity index (χ4n) is 1.67. The van der Waals surface area contributed by atoms with Crippen molar-refractivity contribution in [2.75, 3.05) is 18.0 Å². The second-order valence-corrected chi connectivity index (χ2v) is 4.91. The van der Waals surface area contributed by atoms with Crippen LogP contribution >= 0.6 is 11.3 Å². The molecule has 100 valence electrons. The number of rotatable bonds is 7. The zero-order chi connectivity index (χ0) is 13.5. The van der Waals surface area contributed by atoms with E-state index in [1.165, 1.54) is 6.08 Å². The van der Waals surface area contributed by atoms with E-state index in [2.05, 4.69) is 30.7 Å². The highest BCUT2D eigenvalue weighted by Crippen LogP contribution is 2.28.